The normalized spacial score (nSPS) is 12.4. The summed E-state index contributed by atoms with van der Waals surface area (Å²) in [7, 11) is 7.17. The number of hydrogen-bond acceptors (Lipinski definition) is 7. The highest BCUT2D eigenvalue weighted by Gasteiger charge is 2.28. The number of carbonyl (C=O) groups excluding carboxylic acids is 1. The van der Waals surface area contributed by atoms with Crippen LogP contribution in [0.15, 0.2) is 36.7 Å². The molecule has 0 bridgehead atoms. The molecule has 0 N–H and O–H groups in total. The van der Waals surface area contributed by atoms with Gasteiger partial charge in [0.2, 0.25) is 0 Å². The maximum absolute atomic E-state index is 12.6. The number of likely N-dealkylation sites (N-methyl/N-ethyl adjacent to an activating group) is 1. The van der Waals surface area contributed by atoms with Crippen molar-refractivity contribution in [1.82, 2.24) is 9.88 Å². The second-order valence-electron chi connectivity index (χ2n) is 7.35. The maximum Gasteiger partial charge on any atom is 0.339 e. The molecule has 31 heavy (non-hydrogen) atoms. The Morgan fingerprint density at radius 1 is 1.03 bits per heavy atom. The van der Waals surface area contributed by atoms with Gasteiger partial charge in [0.15, 0.2) is 11.5 Å². The van der Waals surface area contributed by atoms with E-state index in [1.54, 1.807) is 26.6 Å². The minimum absolute atomic E-state index is 0. The van der Waals surface area contributed by atoms with Crippen LogP contribution in [0.4, 0.5) is 0 Å². The first-order valence-corrected chi connectivity index (χ1v) is 9.63. The standard InChI is InChI=1S/C23H24N2O5.ClH/c1-25(2)5-6-29-17-8-15(11-24-12-17)21-18-10-20(28-4)19(27-3)9-14(18)7-16-13-30-23(26)22(16)21;/h7-12H,5-6,13H2,1-4H3;1H. The summed E-state index contributed by atoms with van der Waals surface area (Å²) in [5.41, 5.74) is 2.94. The molecule has 7 nitrogen and oxygen atoms in total. The fourth-order valence-electron chi connectivity index (χ4n) is 3.63. The lowest BCUT2D eigenvalue weighted by atomic mass is 9.91. The van der Waals surface area contributed by atoms with E-state index in [2.05, 4.69) is 4.98 Å². The van der Waals surface area contributed by atoms with Gasteiger partial charge in [-0.3, -0.25) is 4.98 Å². The number of aromatic nitrogens is 1. The fraction of sp³-hybridized carbons (Fsp3) is 0.304. The van der Waals surface area contributed by atoms with Crippen molar-refractivity contribution in [2.75, 3.05) is 41.5 Å². The molecule has 4 rings (SSSR count). The smallest absolute Gasteiger partial charge is 0.339 e. The molecule has 0 fully saturated rings. The van der Waals surface area contributed by atoms with Gasteiger partial charge < -0.3 is 23.8 Å². The molecule has 1 aromatic heterocycles. The van der Waals surface area contributed by atoms with E-state index in [0.29, 0.717) is 29.4 Å². The van der Waals surface area contributed by atoms with Gasteiger partial charge >= 0.3 is 5.97 Å². The first-order chi connectivity index (χ1) is 14.5. The predicted octanol–water partition coefficient (Wildman–Crippen LogP) is 3.95. The second kappa shape index (κ2) is 9.41. The van der Waals surface area contributed by atoms with Gasteiger partial charge in [-0.25, -0.2) is 4.79 Å². The molecular formula is C23H25ClN2O5. The summed E-state index contributed by atoms with van der Waals surface area (Å²) in [5, 5.41) is 1.79. The third kappa shape index (κ3) is 4.38. The molecule has 0 unspecified atom stereocenters. The number of fused-ring (bicyclic) bond motifs is 2. The monoisotopic (exact) mass is 444 g/mol. The molecule has 0 aliphatic carbocycles. The van der Waals surface area contributed by atoms with E-state index < -0.39 is 0 Å². The van der Waals surface area contributed by atoms with Crippen LogP contribution in [0.2, 0.25) is 0 Å². The Labute approximate surface area is 187 Å². The third-order valence-electron chi connectivity index (χ3n) is 5.10. The highest BCUT2D eigenvalue weighted by Crippen LogP contribution is 2.42. The molecule has 0 spiro atoms. The van der Waals surface area contributed by atoms with E-state index in [4.69, 9.17) is 18.9 Å². The minimum atomic E-state index is -0.337. The van der Waals surface area contributed by atoms with E-state index in [9.17, 15) is 4.79 Å². The van der Waals surface area contributed by atoms with Crippen LogP contribution < -0.4 is 14.2 Å². The predicted molar refractivity (Wildman–Crippen MR) is 121 cm³/mol. The molecule has 2 aromatic carbocycles. The number of pyridine rings is 1. The number of carbonyl (C=O) groups is 1. The topological polar surface area (TPSA) is 70.1 Å². The van der Waals surface area contributed by atoms with Crippen LogP contribution in [-0.4, -0.2) is 57.3 Å². The van der Waals surface area contributed by atoms with Crippen LogP contribution in [0.25, 0.3) is 21.9 Å². The largest absolute Gasteiger partial charge is 0.493 e. The maximum atomic E-state index is 12.6. The highest BCUT2D eigenvalue weighted by atomic mass is 35.5. The molecule has 0 atom stereocenters. The van der Waals surface area contributed by atoms with Crippen LogP contribution in [0.3, 0.4) is 0 Å². The lowest BCUT2D eigenvalue weighted by molar-refractivity contribution is 0.0535. The van der Waals surface area contributed by atoms with Crippen molar-refractivity contribution in [3.8, 4) is 28.4 Å². The summed E-state index contributed by atoms with van der Waals surface area (Å²) in [5.74, 6) is 1.52. The molecule has 1 aliphatic rings. The Morgan fingerprint density at radius 2 is 1.77 bits per heavy atom. The Balaban J connectivity index is 0.00000272. The van der Waals surface area contributed by atoms with E-state index in [1.807, 2.05) is 43.3 Å². The van der Waals surface area contributed by atoms with E-state index in [-0.39, 0.29) is 25.0 Å². The molecule has 2 heterocycles. The van der Waals surface area contributed by atoms with Gasteiger partial charge in [0.1, 0.15) is 19.0 Å². The summed E-state index contributed by atoms with van der Waals surface area (Å²) in [6, 6.07) is 7.66. The van der Waals surface area contributed by atoms with E-state index in [0.717, 1.165) is 34.0 Å². The van der Waals surface area contributed by atoms with Crippen molar-refractivity contribution >= 4 is 29.1 Å². The number of nitrogens with zero attached hydrogens (tertiary/aromatic N) is 2. The third-order valence-corrected chi connectivity index (χ3v) is 5.10. The average Bonchev–Trinajstić information content (AvgIpc) is 3.11. The van der Waals surface area contributed by atoms with Gasteiger partial charge in [0.05, 0.1) is 26.0 Å². The quantitative estimate of drug-likeness (QED) is 0.511. The number of benzene rings is 2. The Hall–Kier alpha value is -3.03. The Kier molecular flexibility index (Phi) is 6.87. The van der Waals surface area contributed by atoms with Crippen LogP contribution in [0, 0.1) is 0 Å². The Bertz CT molecular complexity index is 1120. The summed E-state index contributed by atoms with van der Waals surface area (Å²) in [6.45, 7) is 1.58. The van der Waals surface area contributed by atoms with Gasteiger partial charge in [-0.2, -0.15) is 0 Å². The molecule has 1 aliphatic heterocycles. The van der Waals surface area contributed by atoms with E-state index >= 15 is 0 Å². The number of hydrogen-bond donors (Lipinski definition) is 0. The van der Waals surface area contributed by atoms with Crippen molar-refractivity contribution in [2.24, 2.45) is 0 Å². The molecule has 0 saturated carbocycles. The van der Waals surface area contributed by atoms with Gasteiger partial charge in [-0.15, -0.1) is 12.4 Å². The molecule has 8 heteroatoms. The summed E-state index contributed by atoms with van der Waals surface area (Å²) in [4.78, 5) is 19.0. The number of halogens is 1. The number of esters is 1. The lowest BCUT2D eigenvalue weighted by Crippen LogP contribution is -2.19. The van der Waals surface area contributed by atoms with Crippen molar-refractivity contribution in [3.05, 3.63) is 47.8 Å². The first-order valence-electron chi connectivity index (χ1n) is 9.63. The van der Waals surface area contributed by atoms with Crippen LogP contribution in [0.1, 0.15) is 15.9 Å². The molecule has 3 aromatic rings. The van der Waals surface area contributed by atoms with Gasteiger partial charge in [-0.05, 0) is 49.1 Å². The van der Waals surface area contributed by atoms with E-state index in [1.165, 1.54) is 0 Å². The summed E-state index contributed by atoms with van der Waals surface area (Å²) < 4.78 is 22.1. The number of ether oxygens (including phenoxy) is 4. The van der Waals surface area contributed by atoms with Crippen molar-refractivity contribution < 1.29 is 23.7 Å². The average molecular weight is 445 g/mol. The van der Waals surface area contributed by atoms with Crippen molar-refractivity contribution in [2.45, 2.75) is 6.61 Å². The minimum Gasteiger partial charge on any atom is -0.493 e. The van der Waals surface area contributed by atoms with Crippen molar-refractivity contribution in [1.29, 1.82) is 0 Å². The second-order valence-corrected chi connectivity index (χ2v) is 7.35. The van der Waals surface area contributed by atoms with Crippen molar-refractivity contribution in [3.63, 3.8) is 0 Å². The fourth-order valence-corrected chi connectivity index (χ4v) is 3.63. The molecular weight excluding hydrogens is 420 g/mol. The zero-order valence-corrected chi connectivity index (χ0v) is 18.7. The Morgan fingerprint density at radius 3 is 2.48 bits per heavy atom. The van der Waals surface area contributed by atoms with Crippen LogP contribution in [-0.2, 0) is 11.3 Å². The number of cyclic esters (lactones) is 1. The van der Waals surface area contributed by atoms with Crippen LogP contribution >= 0.6 is 12.4 Å². The van der Waals surface area contributed by atoms with Gasteiger partial charge in [0, 0.05) is 29.4 Å². The summed E-state index contributed by atoms with van der Waals surface area (Å²) >= 11 is 0. The summed E-state index contributed by atoms with van der Waals surface area (Å²) in [6.07, 6.45) is 3.41. The SMILES string of the molecule is COc1cc2cc3c(c(-c4cncc(OCCN(C)C)c4)c2cc1OC)C(=O)OC3.Cl. The molecule has 0 saturated heterocycles. The van der Waals surface area contributed by atoms with Gasteiger partial charge in [0.25, 0.3) is 0 Å². The van der Waals surface area contributed by atoms with Gasteiger partial charge in [-0.1, -0.05) is 0 Å². The molecule has 0 amide bonds. The van der Waals surface area contributed by atoms with Crippen LogP contribution in [0.5, 0.6) is 17.2 Å². The number of methoxy groups -OCH3 is 2. The lowest BCUT2D eigenvalue weighted by Gasteiger charge is -2.15. The molecule has 0 radical (unpaired) electrons. The zero-order chi connectivity index (χ0) is 21.3. The molecule has 164 valence electrons. The highest BCUT2D eigenvalue weighted by molar-refractivity contribution is 6.11. The number of rotatable bonds is 7. The zero-order valence-electron chi connectivity index (χ0n) is 17.9. The first kappa shape index (κ1) is 22.7.